The molecule has 0 spiro atoms. The van der Waals surface area contributed by atoms with E-state index in [2.05, 4.69) is 4.98 Å². The predicted molar refractivity (Wildman–Crippen MR) is 67.3 cm³/mol. The van der Waals surface area contributed by atoms with Crippen LogP contribution in [0.2, 0.25) is 0 Å². The first kappa shape index (κ1) is 10.1. The fourth-order valence-corrected chi connectivity index (χ4v) is 1.97. The Bertz CT molecular complexity index is 670. The molecular weight excluding hydrogens is 214 g/mol. The van der Waals surface area contributed by atoms with Crippen LogP contribution >= 0.6 is 0 Å². The van der Waals surface area contributed by atoms with Gasteiger partial charge < -0.3 is 9.15 Å². The van der Waals surface area contributed by atoms with E-state index in [4.69, 9.17) is 9.15 Å². The minimum absolute atomic E-state index is 0.111. The second kappa shape index (κ2) is 3.77. The molecule has 0 unspecified atom stereocenters. The molecule has 3 rings (SSSR count). The Morgan fingerprint density at radius 3 is 2.82 bits per heavy atom. The minimum Gasteiger partial charge on any atom is -0.475 e. The van der Waals surface area contributed by atoms with Gasteiger partial charge in [0.1, 0.15) is 5.58 Å². The van der Waals surface area contributed by atoms with Crippen molar-refractivity contribution in [1.82, 2.24) is 4.98 Å². The Kier molecular flexibility index (Phi) is 2.25. The van der Waals surface area contributed by atoms with Crippen molar-refractivity contribution < 1.29 is 9.15 Å². The molecule has 0 N–H and O–H groups in total. The summed E-state index contributed by atoms with van der Waals surface area (Å²) in [7, 11) is 0. The van der Waals surface area contributed by atoms with Crippen molar-refractivity contribution in [2.45, 2.75) is 20.0 Å². The molecule has 0 aliphatic heterocycles. The molecule has 3 aromatic rings. The zero-order valence-electron chi connectivity index (χ0n) is 9.81. The summed E-state index contributed by atoms with van der Waals surface area (Å²) >= 11 is 0. The Hall–Kier alpha value is -2.03. The number of aromatic nitrogens is 1. The molecule has 3 heteroatoms. The van der Waals surface area contributed by atoms with Gasteiger partial charge >= 0.3 is 0 Å². The summed E-state index contributed by atoms with van der Waals surface area (Å²) in [4.78, 5) is 4.27. The maximum Gasteiger partial charge on any atom is 0.221 e. The van der Waals surface area contributed by atoms with Crippen molar-refractivity contribution >= 4 is 21.7 Å². The van der Waals surface area contributed by atoms with Crippen LogP contribution in [0.15, 0.2) is 41.1 Å². The Morgan fingerprint density at radius 1 is 1.12 bits per heavy atom. The first-order valence-electron chi connectivity index (χ1n) is 5.67. The summed E-state index contributed by atoms with van der Waals surface area (Å²) in [5.74, 6) is 0.663. The van der Waals surface area contributed by atoms with E-state index in [1.165, 1.54) is 0 Å². The molecule has 0 radical (unpaired) electrons. The van der Waals surface area contributed by atoms with Gasteiger partial charge in [-0.05, 0) is 32.0 Å². The van der Waals surface area contributed by atoms with Crippen LogP contribution in [-0.4, -0.2) is 11.1 Å². The van der Waals surface area contributed by atoms with Gasteiger partial charge in [-0.2, -0.15) is 0 Å². The van der Waals surface area contributed by atoms with Gasteiger partial charge in [-0.1, -0.05) is 6.07 Å². The lowest BCUT2D eigenvalue weighted by Gasteiger charge is -2.10. The van der Waals surface area contributed by atoms with E-state index in [1.54, 1.807) is 12.5 Å². The van der Waals surface area contributed by atoms with Crippen molar-refractivity contribution in [2.24, 2.45) is 0 Å². The van der Waals surface area contributed by atoms with Gasteiger partial charge in [0.25, 0.3) is 0 Å². The van der Waals surface area contributed by atoms with Crippen LogP contribution in [0.4, 0.5) is 0 Å². The molecule has 3 nitrogen and oxygen atoms in total. The Balaban J connectivity index is 2.31. The van der Waals surface area contributed by atoms with Crippen molar-refractivity contribution in [3.8, 4) is 5.88 Å². The lowest BCUT2D eigenvalue weighted by molar-refractivity contribution is 0.236. The predicted octanol–water partition coefficient (Wildman–Crippen LogP) is 3.77. The molecule has 0 aliphatic carbocycles. The minimum atomic E-state index is 0.111. The number of fused-ring (bicyclic) bond motifs is 3. The van der Waals surface area contributed by atoms with Gasteiger partial charge in [-0.15, -0.1) is 0 Å². The maximum absolute atomic E-state index is 5.70. The topological polar surface area (TPSA) is 35.3 Å². The van der Waals surface area contributed by atoms with Crippen LogP contribution in [-0.2, 0) is 0 Å². The van der Waals surface area contributed by atoms with Crippen LogP contribution in [0.3, 0.4) is 0 Å². The number of hydrogen-bond acceptors (Lipinski definition) is 3. The quantitative estimate of drug-likeness (QED) is 0.668. The smallest absolute Gasteiger partial charge is 0.221 e. The fourth-order valence-electron chi connectivity index (χ4n) is 1.97. The standard InChI is InChI=1S/C14H13NO2/c1-9(2)17-14-12-4-3-10-6-8-16-13(10)11(12)5-7-15-14/h3-9H,1-2H3. The number of pyridine rings is 1. The van der Waals surface area contributed by atoms with E-state index >= 15 is 0 Å². The second-order valence-corrected chi connectivity index (χ2v) is 4.28. The Labute approximate surface area is 99.0 Å². The van der Waals surface area contributed by atoms with Gasteiger partial charge in [0.15, 0.2) is 0 Å². The zero-order chi connectivity index (χ0) is 11.8. The highest BCUT2D eigenvalue weighted by Gasteiger charge is 2.09. The number of furan rings is 1. The summed E-state index contributed by atoms with van der Waals surface area (Å²) in [5, 5.41) is 3.13. The molecule has 0 amide bonds. The molecule has 2 aromatic heterocycles. The summed E-state index contributed by atoms with van der Waals surface area (Å²) < 4.78 is 11.2. The third-order valence-electron chi connectivity index (χ3n) is 2.67. The molecule has 0 atom stereocenters. The van der Waals surface area contributed by atoms with E-state index in [-0.39, 0.29) is 6.10 Å². The van der Waals surface area contributed by atoms with Crippen molar-refractivity contribution in [1.29, 1.82) is 0 Å². The second-order valence-electron chi connectivity index (χ2n) is 4.28. The van der Waals surface area contributed by atoms with Gasteiger partial charge in [-0.25, -0.2) is 4.98 Å². The summed E-state index contributed by atoms with van der Waals surface area (Å²) in [6, 6.07) is 7.96. The number of rotatable bonds is 2. The highest BCUT2D eigenvalue weighted by Crippen LogP contribution is 2.30. The van der Waals surface area contributed by atoms with Crippen molar-refractivity contribution in [3.63, 3.8) is 0 Å². The van der Waals surface area contributed by atoms with E-state index in [0.29, 0.717) is 5.88 Å². The van der Waals surface area contributed by atoms with Crippen LogP contribution < -0.4 is 4.74 Å². The first-order valence-corrected chi connectivity index (χ1v) is 5.67. The van der Waals surface area contributed by atoms with E-state index < -0.39 is 0 Å². The largest absolute Gasteiger partial charge is 0.475 e. The Morgan fingerprint density at radius 2 is 2.00 bits per heavy atom. The number of hydrogen-bond donors (Lipinski definition) is 0. The third kappa shape index (κ3) is 1.64. The average Bonchev–Trinajstić information content (AvgIpc) is 2.76. The molecule has 2 heterocycles. The molecule has 0 saturated carbocycles. The number of ether oxygens (including phenoxy) is 1. The van der Waals surface area contributed by atoms with Crippen LogP contribution in [0.1, 0.15) is 13.8 Å². The first-order chi connectivity index (χ1) is 8.25. The fraction of sp³-hybridized carbons (Fsp3) is 0.214. The lowest BCUT2D eigenvalue weighted by atomic mass is 10.1. The van der Waals surface area contributed by atoms with Crippen LogP contribution in [0.5, 0.6) is 5.88 Å². The highest BCUT2D eigenvalue weighted by molar-refractivity contribution is 6.05. The molecule has 0 fully saturated rings. The van der Waals surface area contributed by atoms with Gasteiger partial charge in [0.05, 0.1) is 12.4 Å². The summed E-state index contributed by atoms with van der Waals surface area (Å²) in [5.41, 5.74) is 0.888. The molecule has 0 aliphatic rings. The van der Waals surface area contributed by atoms with Crippen molar-refractivity contribution in [2.75, 3.05) is 0 Å². The van der Waals surface area contributed by atoms with Gasteiger partial charge in [0, 0.05) is 22.4 Å². The normalized spacial score (nSPS) is 11.5. The average molecular weight is 227 g/mol. The highest BCUT2D eigenvalue weighted by atomic mass is 16.5. The summed E-state index contributed by atoms with van der Waals surface area (Å²) in [6.07, 6.45) is 3.57. The third-order valence-corrected chi connectivity index (χ3v) is 2.67. The molecular formula is C14H13NO2. The van der Waals surface area contributed by atoms with E-state index in [0.717, 1.165) is 21.7 Å². The molecule has 0 bridgehead atoms. The zero-order valence-corrected chi connectivity index (χ0v) is 9.81. The van der Waals surface area contributed by atoms with Crippen LogP contribution in [0, 0.1) is 0 Å². The van der Waals surface area contributed by atoms with E-state index in [9.17, 15) is 0 Å². The molecule has 86 valence electrons. The molecule has 0 saturated heterocycles. The number of nitrogens with zero attached hydrogens (tertiary/aromatic N) is 1. The monoisotopic (exact) mass is 227 g/mol. The summed E-state index contributed by atoms with van der Waals surface area (Å²) in [6.45, 7) is 3.98. The molecule has 17 heavy (non-hydrogen) atoms. The lowest BCUT2D eigenvalue weighted by Crippen LogP contribution is -2.07. The van der Waals surface area contributed by atoms with Crippen molar-refractivity contribution in [3.05, 3.63) is 36.7 Å². The number of benzene rings is 1. The molecule has 1 aromatic carbocycles. The van der Waals surface area contributed by atoms with Crippen LogP contribution in [0.25, 0.3) is 21.7 Å². The van der Waals surface area contributed by atoms with E-state index in [1.807, 2.05) is 38.1 Å². The SMILES string of the molecule is CC(C)Oc1nccc2c1ccc1ccoc12. The van der Waals surface area contributed by atoms with Gasteiger partial charge in [0.2, 0.25) is 5.88 Å². The van der Waals surface area contributed by atoms with Gasteiger partial charge in [-0.3, -0.25) is 0 Å². The maximum atomic E-state index is 5.70.